The van der Waals surface area contributed by atoms with E-state index in [4.69, 9.17) is 9.47 Å². The Balaban J connectivity index is 1.45. The van der Waals surface area contributed by atoms with E-state index in [1.54, 1.807) is 17.0 Å². The second-order valence-electron chi connectivity index (χ2n) is 10.0. The minimum absolute atomic E-state index is 0.107. The molecule has 2 aliphatic heterocycles. The zero-order chi connectivity index (χ0) is 27.2. The number of aliphatic hydroxyl groups is 1. The molecule has 39 heavy (non-hydrogen) atoms. The van der Waals surface area contributed by atoms with Crippen LogP contribution in [0, 0.1) is 6.92 Å². The summed E-state index contributed by atoms with van der Waals surface area (Å²) in [5.74, 6) is -0.790. The van der Waals surface area contributed by atoms with Gasteiger partial charge in [-0.3, -0.25) is 14.5 Å². The summed E-state index contributed by atoms with van der Waals surface area (Å²) >= 11 is 0. The minimum Gasteiger partial charge on any atom is -0.507 e. The van der Waals surface area contributed by atoms with Gasteiger partial charge in [0.2, 0.25) is 0 Å². The number of carbonyl (C=O) groups excluding carboxylic acids is 2. The number of ether oxygens (including phenoxy) is 2. The van der Waals surface area contributed by atoms with Crippen molar-refractivity contribution < 1.29 is 24.2 Å². The van der Waals surface area contributed by atoms with Crippen LogP contribution in [0.2, 0.25) is 0 Å². The number of ketones is 1. The van der Waals surface area contributed by atoms with Crippen LogP contribution in [0.4, 0.5) is 0 Å². The first-order valence-corrected chi connectivity index (χ1v) is 13.4. The van der Waals surface area contributed by atoms with Gasteiger partial charge >= 0.3 is 0 Å². The van der Waals surface area contributed by atoms with E-state index in [1.807, 2.05) is 73.7 Å². The highest BCUT2D eigenvalue weighted by Crippen LogP contribution is 2.40. The molecule has 0 radical (unpaired) electrons. The Bertz CT molecular complexity index is 1330. The molecule has 0 saturated carbocycles. The van der Waals surface area contributed by atoms with E-state index >= 15 is 0 Å². The highest BCUT2D eigenvalue weighted by atomic mass is 16.5. The number of nitrogens with zero attached hydrogens (tertiary/aromatic N) is 2. The van der Waals surface area contributed by atoms with E-state index in [9.17, 15) is 14.7 Å². The number of amides is 1. The van der Waals surface area contributed by atoms with Crippen LogP contribution in [0.15, 0.2) is 84.4 Å². The lowest BCUT2D eigenvalue weighted by Crippen LogP contribution is -2.38. The van der Waals surface area contributed by atoms with Crippen LogP contribution >= 0.6 is 0 Å². The first kappa shape index (κ1) is 26.7. The molecule has 2 saturated heterocycles. The predicted molar refractivity (Wildman–Crippen MR) is 149 cm³/mol. The molecule has 0 aromatic heterocycles. The largest absolute Gasteiger partial charge is 0.507 e. The van der Waals surface area contributed by atoms with Gasteiger partial charge in [0.15, 0.2) is 0 Å². The van der Waals surface area contributed by atoms with Gasteiger partial charge < -0.3 is 19.5 Å². The average Bonchev–Trinajstić information content (AvgIpc) is 3.22. The molecule has 1 N–H and O–H groups in total. The molecule has 1 atom stereocenters. The number of Topliss-reactive ketones (excluding diaryl/α,β-unsaturated/α-hetero) is 1. The molecule has 3 aromatic rings. The van der Waals surface area contributed by atoms with Crippen LogP contribution in [-0.2, 0) is 20.9 Å². The number of hydrogen-bond acceptors (Lipinski definition) is 6. The Kier molecular flexibility index (Phi) is 8.39. The average molecular weight is 527 g/mol. The quantitative estimate of drug-likeness (QED) is 0.247. The van der Waals surface area contributed by atoms with E-state index in [-0.39, 0.29) is 11.3 Å². The van der Waals surface area contributed by atoms with Crippen LogP contribution < -0.4 is 4.74 Å². The lowest BCUT2D eigenvalue weighted by Gasteiger charge is -2.29. The molecule has 1 amide bonds. The Morgan fingerprint density at radius 3 is 2.44 bits per heavy atom. The molecule has 3 aromatic carbocycles. The third-order valence-electron chi connectivity index (χ3n) is 7.26. The maximum absolute atomic E-state index is 13.4. The summed E-state index contributed by atoms with van der Waals surface area (Å²) in [5.41, 5.74) is 3.41. The summed E-state index contributed by atoms with van der Waals surface area (Å²) in [6, 6.07) is 23.9. The number of aliphatic hydroxyl groups excluding tert-OH is 1. The number of hydrogen-bond donors (Lipinski definition) is 1. The molecule has 5 rings (SSSR count). The van der Waals surface area contributed by atoms with Crippen molar-refractivity contribution in [1.29, 1.82) is 0 Å². The highest BCUT2D eigenvalue weighted by molar-refractivity contribution is 6.46. The van der Waals surface area contributed by atoms with Crippen molar-refractivity contribution in [2.24, 2.45) is 0 Å². The molecule has 2 heterocycles. The monoisotopic (exact) mass is 526 g/mol. The number of morpholine rings is 1. The van der Waals surface area contributed by atoms with E-state index in [0.717, 1.165) is 36.3 Å². The Labute approximate surface area is 229 Å². The van der Waals surface area contributed by atoms with Crippen LogP contribution in [-0.4, -0.2) is 66.0 Å². The summed E-state index contributed by atoms with van der Waals surface area (Å²) < 4.78 is 11.5. The van der Waals surface area contributed by atoms with Crippen LogP contribution in [0.25, 0.3) is 5.76 Å². The van der Waals surface area contributed by atoms with Crippen molar-refractivity contribution in [2.75, 3.05) is 39.4 Å². The maximum Gasteiger partial charge on any atom is 0.295 e. The fourth-order valence-electron chi connectivity index (χ4n) is 5.13. The second-order valence-corrected chi connectivity index (χ2v) is 10.0. The van der Waals surface area contributed by atoms with E-state index in [0.29, 0.717) is 44.1 Å². The second kappa shape index (κ2) is 12.3. The standard InChI is InChI=1S/C32H34N2O5/c1-23-11-13-25(14-12-23)30(35)28-29(26-9-5-10-27(21-26)39-22-24-7-3-2-4-8-24)34(32(37)31(28)36)16-6-15-33-17-19-38-20-18-33/h2-5,7-14,21,29,35H,6,15-20,22H2,1H3. The maximum atomic E-state index is 13.4. The highest BCUT2D eigenvalue weighted by Gasteiger charge is 2.46. The van der Waals surface area contributed by atoms with E-state index < -0.39 is 17.7 Å². The van der Waals surface area contributed by atoms with Gasteiger partial charge in [-0.25, -0.2) is 0 Å². The summed E-state index contributed by atoms with van der Waals surface area (Å²) in [6.45, 7) is 6.68. The van der Waals surface area contributed by atoms with Crippen molar-refractivity contribution in [3.8, 4) is 5.75 Å². The molecule has 7 nitrogen and oxygen atoms in total. The number of benzene rings is 3. The Morgan fingerprint density at radius 2 is 1.69 bits per heavy atom. The fourth-order valence-corrected chi connectivity index (χ4v) is 5.13. The van der Waals surface area contributed by atoms with Gasteiger partial charge in [-0.2, -0.15) is 0 Å². The first-order chi connectivity index (χ1) is 19.0. The summed E-state index contributed by atoms with van der Waals surface area (Å²) in [4.78, 5) is 30.6. The van der Waals surface area contributed by atoms with Crippen molar-refractivity contribution in [2.45, 2.75) is 26.0 Å². The van der Waals surface area contributed by atoms with Gasteiger partial charge in [-0.1, -0.05) is 72.3 Å². The minimum atomic E-state index is -0.712. The normalized spacial score (nSPS) is 19.4. The summed E-state index contributed by atoms with van der Waals surface area (Å²) in [7, 11) is 0. The van der Waals surface area contributed by atoms with Crippen molar-refractivity contribution in [3.05, 3.63) is 107 Å². The Hall–Kier alpha value is -3.94. The number of aryl methyl sites for hydroxylation is 1. The topological polar surface area (TPSA) is 79.3 Å². The number of likely N-dealkylation sites (tertiary alicyclic amines) is 1. The molecule has 0 aliphatic carbocycles. The zero-order valence-corrected chi connectivity index (χ0v) is 22.2. The molecule has 2 aliphatic rings. The molecule has 2 fully saturated rings. The van der Waals surface area contributed by atoms with Crippen LogP contribution in [0.5, 0.6) is 5.75 Å². The molecular weight excluding hydrogens is 492 g/mol. The van der Waals surface area contributed by atoms with Crippen molar-refractivity contribution in [3.63, 3.8) is 0 Å². The van der Waals surface area contributed by atoms with E-state index in [2.05, 4.69) is 4.90 Å². The van der Waals surface area contributed by atoms with Gasteiger partial charge in [-0.15, -0.1) is 0 Å². The Morgan fingerprint density at radius 1 is 0.949 bits per heavy atom. The van der Waals surface area contributed by atoms with Crippen LogP contribution in [0.3, 0.4) is 0 Å². The zero-order valence-electron chi connectivity index (χ0n) is 22.2. The molecule has 0 bridgehead atoms. The van der Waals surface area contributed by atoms with Gasteiger partial charge in [-0.05, 0) is 36.6 Å². The molecule has 0 spiro atoms. The number of rotatable bonds is 9. The predicted octanol–water partition coefficient (Wildman–Crippen LogP) is 4.72. The van der Waals surface area contributed by atoms with Crippen molar-refractivity contribution in [1.82, 2.24) is 9.80 Å². The SMILES string of the molecule is Cc1ccc(C(O)=C2C(=O)C(=O)N(CCCN3CCOCC3)C2c2cccc(OCc3ccccc3)c2)cc1. The van der Waals surface area contributed by atoms with Gasteiger partial charge in [0.05, 0.1) is 24.8 Å². The summed E-state index contributed by atoms with van der Waals surface area (Å²) in [5, 5.41) is 11.3. The molecule has 1 unspecified atom stereocenters. The van der Waals surface area contributed by atoms with Crippen LogP contribution in [0.1, 0.15) is 34.7 Å². The van der Waals surface area contributed by atoms with Crippen molar-refractivity contribution >= 4 is 17.4 Å². The third kappa shape index (κ3) is 6.21. The number of carbonyl (C=O) groups is 2. The smallest absolute Gasteiger partial charge is 0.295 e. The van der Waals surface area contributed by atoms with E-state index in [1.165, 1.54) is 0 Å². The first-order valence-electron chi connectivity index (χ1n) is 13.4. The van der Waals surface area contributed by atoms with Gasteiger partial charge in [0.1, 0.15) is 18.1 Å². The van der Waals surface area contributed by atoms with Gasteiger partial charge in [0, 0.05) is 31.7 Å². The molecule has 7 heteroatoms. The lowest BCUT2D eigenvalue weighted by atomic mass is 9.95. The fraction of sp³-hybridized carbons (Fsp3) is 0.312. The van der Waals surface area contributed by atoms with Gasteiger partial charge in [0.25, 0.3) is 11.7 Å². The lowest BCUT2D eigenvalue weighted by molar-refractivity contribution is -0.140. The third-order valence-corrected chi connectivity index (χ3v) is 7.26. The molecule has 202 valence electrons. The molecular formula is C32H34N2O5. The summed E-state index contributed by atoms with van der Waals surface area (Å²) in [6.07, 6.45) is 0.707.